The minimum Gasteiger partial charge on any atom is -0.369 e. The molecule has 0 spiro atoms. The molecular weight excluding hydrogens is 333 g/mol. The van der Waals surface area contributed by atoms with Gasteiger partial charge in [-0.2, -0.15) is 13.2 Å². The molecule has 23 heavy (non-hydrogen) atoms. The second kappa shape index (κ2) is 6.62. The molecule has 0 saturated carbocycles. The Labute approximate surface area is 135 Å². The first-order valence-electron chi connectivity index (χ1n) is 6.81. The molecule has 2 N–H and O–H groups in total. The Morgan fingerprint density at radius 2 is 2.04 bits per heavy atom. The van der Waals surface area contributed by atoms with E-state index >= 15 is 0 Å². The minimum atomic E-state index is -4.49. The number of carbonyl (C=O) groups excluding carboxylic acids is 2. The summed E-state index contributed by atoms with van der Waals surface area (Å²) < 4.78 is 38.0. The molecule has 1 fully saturated rings. The third kappa shape index (κ3) is 4.25. The summed E-state index contributed by atoms with van der Waals surface area (Å²) in [5.41, 5.74) is 4.44. The fraction of sp³-hybridized carbons (Fsp3) is 0.333. The Morgan fingerprint density at radius 3 is 2.61 bits per heavy atom. The quantitative estimate of drug-likeness (QED) is 0.855. The van der Waals surface area contributed by atoms with Gasteiger partial charge in [-0.25, -0.2) is 0 Å². The Morgan fingerprint density at radius 1 is 1.35 bits per heavy atom. The van der Waals surface area contributed by atoms with E-state index in [1.165, 1.54) is 11.0 Å². The number of likely N-dealkylation sites (tertiary alicyclic amines) is 1. The molecule has 0 aliphatic carbocycles. The average Bonchev–Trinajstić information content (AvgIpc) is 2.95. The lowest BCUT2D eigenvalue weighted by Gasteiger charge is -2.13. The number of nitrogens with two attached hydrogens (primary N) is 1. The van der Waals surface area contributed by atoms with Crippen LogP contribution in [-0.4, -0.2) is 29.8 Å². The first kappa shape index (κ1) is 17.3. The summed E-state index contributed by atoms with van der Waals surface area (Å²) in [4.78, 5) is 24.5. The molecule has 0 radical (unpaired) electrons. The summed E-state index contributed by atoms with van der Waals surface area (Å²) >= 11 is 5.85. The summed E-state index contributed by atoms with van der Waals surface area (Å²) in [5.74, 6) is -1.25. The van der Waals surface area contributed by atoms with Crippen LogP contribution >= 0.6 is 11.6 Å². The Hall–Kier alpha value is -2.02. The van der Waals surface area contributed by atoms with Gasteiger partial charge in [0.2, 0.25) is 11.8 Å². The largest absolute Gasteiger partial charge is 0.416 e. The van der Waals surface area contributed by atoms with E-state index in [0.717, 1.165) is 24.3 Å². The van der Waals surface area contributed by atoms with Gasteiger partial charge in [0, 0.05) is 24.2 Å². The van der Waals surface area contributed by atoms with Gasteiger partial charge in [0.1, 0.15) is 0 Å². The molecule has 1 aromatic rings. The Balaban J connectivity index is 2.11. The second-order valence-electron chi connectivity index (χ2n) is 5.24. The van der Waals surface area contributed by atoms with Crippen LogP contribution in [0, 0.1) is 5.92 Å². The van der Waals surface area contributed by atoms with E-state index in [0.29, 0.717) is 13.0 Å². The molecular formula is C15H14ClF3N2O2. The fourth-order valence-corrected chi connectivity index (χ4v) is 2.49. The molecule has 1 saturated heterocycles. The minimum absolute atomic E-state index is 0.0977. The molecule has 8 heteroatoms. The molecule has 1 aliphatic rings. The molecule has 4 nitrogen and oxygen atoms in total. The van der Waals surface area contributed by atoms with Gasteiger partial charge >= 0.3 is 6.18 Å². The first-order chi connectivity index (χ1) is 10.7. The smallest absolute Gasteiger partial charge is 0.369 e. The first-order valence-corrected chi connectivity index (χ1v) is 7.19. The van der Waals surface area contributed by atoms with Gasteiger partial charge in [-0.3, -0.25) is 9.59 Å². The highest BCUT2D eigenvalue weighted by atomic mass is 35.5. The molecule has 0 bridgehead atoms. The highest BCUT2D eigenvalue weighted by Crippen LogP contribution is 2.32. The number of carbonyl (C=O) groups is 2. The number of primary amides is 1. The van der Waals surface area contributed by atoms with Crippen molar-refractivity contribution in [1.82, 2.24) is 4.90 Å². The number of rotatable bonds is 3. The average molecular weight is 347 g/mol. The molecule has 2 amide bonds. The van der Waals surface area contributed by atoms with Crippen molar-refractivity contribution >= 4 is 29.5 Å². The van der Waals surface area contributed by atoms with Crippen LogP contribution in [0.1, 0.15) is 17.5 Å². The van der Waals surface area contributed by atoms with Crippen LogP contribution in [0.3, 0.4) is 0 Å². The lowest BCUT2D eigenvalue weighted by Crippen LogP contribution is -2.30. The topological polar surface area (TPSA) is 63.4 Å². The van der Waals surface area contributed by atoms with Crippen molar-refractivity contribution in [1.29, 1.82) is 0 Å². The Bertz CT molecular complexity index is 659. The number of hydrogen-bond donors (Lipinski definition) is 1. The SMILES string of the molecule is NC(=O)[C@@H]1CCN(C(=O)/C=C/c2cc(C(F)(F)F)ccc2Cl)C1. The number of hydrogen-bond acceptors (Lipinski definition) is 2. The van der Waals surface area contributed by atoms with Crippen molar-refractivity contribution in [3.8, 4) is 0 Å². The zero-order valence-corrected chi connectivity index (χ0v) is 12.7. The van der Waals surface area contributed by atoms with E-state index in [2.05, 4.69) is 0 Å². The van der Waals surface area contributed by atoms with Gasteiger partial charge in [0.15, 0.2) is 0 Å². The van der Waals surface area contributed by atoms with Crippen LogP contribution in [0.2, 0.25) is 5.02 Å². The summed E-state index contributed by atoms with van der Waals surface area (Å²) in [7, 11) is 0. The Kier molecular flexibility index (Phi) is 4.99. The standard InChI is InChI=1S/C15H14ClF3N2O2/c16-12-3-2-11(15(17,18)19)7-9(12)1-4-13(22)21-6-5-10(8-21)14(20)23/h1-4,7,10H,5-6,8H2,(H2,20,23)/b4-1+/t10-/m1/s1. The van der Waals surface area contributed by atoms with Gasteiger partial charge in [-0.1, -0.05) is 11.6 Å². The zero-order chi connectivity index (χ0) is 17.2. The third-order valence-corrected chi connectivity index (χ3v) is 3.98. The second-order valence-corrected chi connectivity index (χ2v) is 5.65. The third-order valence-electron chi connectivity index (χ3n) is 3.63. The van der Waals surface area contributed by atoms with Crippen LogP contribution in [-0.2, 0) is 15.8 Å². The summed E-state index contributed by atoms with van der Waals surface area (Å²) in [6.45, 7) is 0.599. The molecule has 1 aliphatic heterocycles. The van der Waals surface area contributed by atoms with E-state index in [4.69, 9.17) is 17.3 Å². The van der Waals surface area contributed by atoms with Crippen LogP contribution in [0.15, 0.2) is 24.3 Å². The van der Waals surface area contributed by atoms with E-state index in [9.17, 15) is 22.8 Å². The predicted molar refractivity (Wildman–Crippen MR) is 79.4 cm³/mol. The predicted octanol–water partition coefficient (Wildman–Crippen LogP) is 2.71. The van der Waals surface area contributed by atoms with E-state index < -0.39 is 23.6 Å². The number of nitrogens with zero attached hydrogens (tertiary/aromatic N) is 1. The molecule has 1 aromatic carbocycles. The highest BCUT2D eigenvalue weighted by Gasteiger charge is 2.31. The van der Waals surface area contributed by atoms with Crippen LogP contribution in [0.5, 0.6) is 0 Å². The highest BCUT2D eigenvalue weighted by molar-refractivity contribution is 6.32. The maximum atomic E-state index is 12.7. The van der Waals surface area contributed by atoms with E-state index in [1.54, 1.807) is 0 Å². The maximum Gasteiger partial charge on any atom is 0.416 e. The van der Waals surface area contributed by atoms with Crippen molar-refractivity contribution < 1.29 is 22.8 Å². The molecule has 0 aromatic heterocycles. The lowest BCUT2D eigenvalue weighted by molar-refractivity contribution is -0.137. The molecule has 1 atom stereocenters. The zero-order valence-electron chi connectivity index (χ0n) is 11.9. The van der Waals surface area contributed by atoms with Gasteiger partial charge in [0.05, 0.1) is 11.5 Å². The number of benzene rings is 1. The van der Waals surface area contributed by atoms with E-state index in [-0.39, 0.29) is 23.0 Å². The number of alkyl halides is 3. The molecule has 0 unspecified atom stereocenters. The van der Waals surface area contributed by atoms with E-state index in [1.807, 2.05) is 0 Å². The van der Waals surface area contributed by atoms with Crippen LogP contribution in [0.25, 0.3) is 6.08 Å². The van der Waals surface area contributed by atoms with Crippen molar-refractivity contribution in [2.24, 2.45) is 11.7 Å². The molecule has 124 valence electrons. The summed E-state index contributed by atoms with van der Waals surface area (Å²) in [5, 5.41) is 0.110. The van der Waals surface area contributed by atoms with Crippen LogP contribution in [0.4, 0.5) is 13.2 Å². The van der Waals surface area contributed by atoms with Crippen molar-refractivity contribution in [2.75, 3.05) is 13.1 Å². The normalized spacial score (nSPS) is 18.6. The monoisotopic (exact) mass is 346 g/mol. The van der Waals surface area contributed by atoms with Crippen molar-refractivity contribution in [2.45, 2.75) is 12.6 Å². The number of amides is 2. The summed E-state index contributed by atoms with van der Waals surface area (Å²) in [6, 6.07) is 2.88. The molecule has 1 heterocycles. The van der Waals surface area contributed by atoms with Crippen LogP contribution < -0.4 is 5.73 Å². The number of halogens is 4. The van der Waals surface area contributed by atoms with Crippen molar-refractivity contribution in [3.63, 3.8) is 0 Å². The van der Waals surface area contributed by atoms with Gasteiger partial charge in [0.25, 0.3) is 0 Å². The maximum absolute atomic E-state index is 12.7. The molecule has 2 rings (SSSR count). The fourth-order valence-electron chi connectivity index (χ4n) is 2.31. The summed E-state index contributed by atoms with van der Waals surface area (Å²) in [6.07, 6.45) is -1.62. The lowest BCUT2D eigenvalue weighted by atomic mass is 10.1. The van der Waals surface area contributed by atoms with Gasteiger partial charge in [-0.05, 0) is 36.3 Å². The van der Waals surface area contributed by atoms with Gasteiger partial charge < -0.3 is 10.6 Å². The van der Waals surface area contributed by atoms with Gasteiger partial charge in [-0.15, -0.1) is 0 Å². The van der Waals surface area contributed by atoms with Crippen molar-refractivity contribution in [3.05, 3.63) is 40.4 Å².